The molecule has 0 bridgehead atoms. The highest BCUT2D eigenvalue weighted by Crippen LogP contribution is 2.29. The summed E-state index contributed by atoms with van der Waals surface area (Å²) in [5, 5.41) is 3.25. The van der Waals surface area contributed by atoms with E-state index in [1.165, 1.54) is 0 Å². The minimum Gasteiger partial charge on any atom is -0.497 e. The van der Waals surface area contributed by atoms with Gasteiger partial charge in [-0.2, -0.15) is 0 Å². The van der Waals surface area contributed by atoms with Gasteiger partial charge >= 0.3 is 0 Å². The van der Waals surface area contributed by atoms with Crippen LogP contribution >= 0.6 is 12.4 Å². The van der Waals surface area contributed by atoms with E-state index in [1.54, 1.807) is 7.11 Å². The Balaban J connectivity index is 0.00000128. The normalized spacial score (nSPS) is 24.0. The number of halogens is 1. The minimum absolute atomic E-state index is 0. The Labute approximate surface area is 102 Å². The summed E-state index contributed by atoms with van der Waals surface area (Å²) >= 11 is 0. The first-order valence-electron chi connectivity index (χ1n) is 5.05. The van der Waals surface area contributed by atoms with Gasteiger partial charge in [-0.05, 0) is 24.6 Å². The first-order chi connectivity index (χ1) is 7.14. The third-order valence-electron chi connectivity index (χ3n) is 2.95. The number of carbonyl (C=O) groups excluding carboxylic acids is 1. The fourth-order valence-corrected chi connectivity index (χ4v) is 1.98. The van der Waals surface area contributed by atoms with Gasteiger partial charge in [-0.15, -0.1) is 12.4 Å². The van der Waals surface area contributed by atoms with Crippen LogP contribution in [0.4, 0.5) is 0 Å². The predicted molar refractivity (Wildman–Crippen MR) is 65.2 cm³/mol. The molecule has 1 atom stereocenters. The van der Waals surface area contributed by atoms with Crippen LogP contribution < -0.4 is 10.1 Å². The molecule has 1 aliphatic heterocycles. The van der Waals surface area contributed by atoms with Crippen LogP contribution in [0.5, 0.6) is 5.75 Å². The summed E-state index contributed by atoms with van der Waals surface area (Å²) in [6, 6.07) is 7.85. The van der Waals surface area contributed by atoms with Crippen LogP contribution in [0.15, 0.2) is 24.3 Å². The summed E-state index contributed by atoms with van der Waals surface area (Å²) in [5.41, 5.74) is 0.928. The molecule has 0 radical (unpaired) electrons. The summed E-state index contributed by atoms with van der Waals surface area (Å²) in [7, 11) is 1.65. The molecule has 1 saturated heterocycles. The zero-order valence-corrected chi connectivity index (χ0v) is 10.3. The maximum absolute atomic E-state index is 11.3. The van der Waals surface area contributed by atoms with Crippen LogP contribution in [0.3, 0.4) is 0 Å². The molecule has 2 rings (SSSR count). The lowest BCUT2D eigenvalue weighted by Gasteiger charge is -2.24. The van der Waals surface area contributed by atoms with Crippen molar-refractivity contribution in [2.24, 2.45) is 0 Å². The summed E-state index contributed by atoms with van der Waals surface area (Å²) in [5.74, 6) is 1.11. The van der Waals surface area contributed by atoms with E-state index in [4.69, 9.17) is 4.74 Å². The highest BCUT2D eigenvalue weighted by molar-refractivity contribution is 5.85. The second kappa shape index (κ2) is 4.85. The summed E-state index contributed by atoms with van der Waals surface area (Å²) in [4.78, 5) is 11.3. The fourth-order valence-electron chi connectivity index (χ4n) is 1.98. The molecule has 0 amide bonds. The second-order valence-corrected chi connectivity index (χ2v) is 4.13. The number of carbonyl (C=O) groups is 1. The van der Waals surface area contributed by atoms with E-state index < -0.39 is 0 Å². The molecular formula is C12H16ClNO2. The van der Waals surface area contributed by atoms with Crippen LogP contribution in [0.2, 0.25) is 0 Å². The Hall–Kier alpha value is -1.06. The van der Waals surface area contributed by atoms with Gasteiger partial charge in [-0.25, -0.2) is 0 Å². The minimum atomic E-state index is -0.205. The van der Waals surface area contributed by atoms with E-state index in [-0.39, 0.29) is 23.7 Å². The standard InChI is InChI=1S/C12H15NO2.ClH/c1-12(7-10(14)8-13-12)9-3-5-11(15-2)6-4-9;/h3-6,13H,7-8H2,1-2H3;1H. The molecular weight excluding hydrogens is 226 g/mol. The number of hydrogen-bond acceptors (Lipinski definition) is 3. The zero-order chi connectivity index (χ0) is 10.9. The van der Waals surface area contributed by atoms with E-state index in [9.17, 15) is 4.79 Å². The zero-order valence-electron chi connectivity index (χ0n) is 9.45. The molecule has 0 spiro atoms. The topological polar surface area (TPSA) is 38.3 Å². The van der Waals surface area contributed by atoms with Crippen LogP contribution in [-0.4, -0.2) is 19.4 Å². The Morgan fingerprint density at radius 3 is 2.38 bits per heavy atom. The number of ketones is 1. The largest absolute Gasteiger partial charge is 0.497 e. The lowest BCUT2D eigenvalue weighted by Crippen LogP contribution is -2.32. The predicted octanol–water partition coefficient (Wildman–Crippen LogP) is 1.89. The van der Waals surface area contributed by atoms with Crippen molar-refractivity contribution in [1.82, 2.24) is 5.32 Å². The van der Waals surface area contributed by atoms with Crippen LogP contribution in [0.25, 0.3) is 0 Å². The molecule has 1 heterocycles. The average Bonchev–Trinajstić information content (AvgIpc) is 2.60. The van der Waals surface area contributed by atoms with Crippen LogP contribution in [0.1, 0.15) is 18.9 Å². The van der Waals surface area contributed by atoms with Crippen molar-refractivity contribution < 1.29 is 9.53 Å². The number of nitrogens with one attached hydrogen (secondary N) is 1. The smallest absolute Gasteiger partial charge is 0.148 e. The third-order valence-corrected chi connectivity index (χ3v) is 2.95. The average molecular weight is 242 g/mol. The molecule has 1 aliphatic rings. The molecule has 3 nitrogen and oxygen atoms in total. The molecule has 4 heteroatoms. The van der Waals surface area contributed by atoms with Gasteiger partial charge in [0.1, 0.15) is 11.5 Å². The van der Waals surface area contributed by atoms with Gasteiger partial charge in [0, 0.05) is 12.0 Å². The molecule has 0 aliphatic carbocycles. The number of benzene rings is 1. The van der Waals surface area contributed by atoms with E-state index in [2.05, 4.69) is 12.2 Å². The van der Waals surface area contributed by atoms with E-state index >= 15 is 0 Å². The van der Waals surface area contributed by atoms with Crippen molar-refractivity contribution in [1.29, 1.82) is 0 Å². The monoisotopic (exact) mass is 241 g/mol. The summed E-state index contributed by atoms with van der Waals surface area (Å²) in [6.07, 6.45) is 0.569. The van der Waals surface area contributed by atoms with Crippen molar-refractivity contribution in [3.63, 3.8) is 0 Å². The SMILES string of the molecule is COc1ccc(C2(C)CC(=O)CN2)cc1.Cl. The van der Waals surface area contributed by atoms with Gasteiger partial charge in [0.15, 0.2) is 0 Å². The van der Waals surface area contributed by atoms with Gasteiger partial charge in [0.25, 0.3) is 0 Å². The Morgan fingerprint density at radius 1 is 1.31 bits per heavy atom. The van der Waals surface area contributed by atoms with Crippen molar-refractivity contribution >= 4 is 18.2 Å². The molecule has 1 fully saturated rings. The lowest BCUT2D eigenvalue weighted by molar-refractivity contribution is -0.116. The van der Waals surface area contributed by atoms with Crippen LogP contribution in [-0.2, 0) is 10.3 Å². The van der Waals surface area contributed by atoms with E-state index in [0.29, 0.717) is 13.0 Å². The Bertz CT molecular complexity index is 377. The van der Waals surface area contributed by atoms with Crippen molar-refractivity contribution in [2.45, 2.75) is 18.9 Å². The fraction of sp³-hybridized carbons (Fsp3) is 0.417. The van der Waals surface area contributed by atoms with E-state index in [0.717, 1.165) is 11.3 Å². The number of Topliss-reactive ketones (excluding diaryl/α,β-unsaturated/α-hetero) is 1. The highest BCUT2D eigenvalue weighted by atomic mass is 35.5. The quantitative estimate of drug-likeness (QED) is 0.860. The number of methoxy groups -OCH3 is 1. The lowest BCUT2D eigenvalue weighted by atomic mass is 9.90. The van der Waals surface area contributed by atoms with Gasteiger partial charge in [-0.1, -0.05) is 12.1 Å². The first-order valence-corrected chi connectivity index (χ1v) is 5.05. The number of ether oxygens (including phenoxy) is 1. The molecule has 0 saturated carbocycles. The van der Waals surface area contributed by atoms with Crippen LogP contribution in [0, 0.1) is 0 Å². The van der Waals surface area contributed by atoms with Gasteiger partial charge in [0.2, 0.25) is 0 Å². The van der Waals surface area contributed by atoms with Crippen molar-refractivity contribution in [3.05, 3.63) is 29.8 Å². The Kier molecular flexibility index (Phi) is 3.94. The molecule has 0 aromatic heterocycles. The molecule has 1 N–H and O–H groups in total. The molecule has 1 aromatic rings. The van der Waals surface area contributed by atoms with Crippen molar-refractivity contribution in [2.75, 3.05) is 13.7 Å². The van der Waals surface area contributed by atoms with Gasteiger partial charge < -0.3 is 10.1 Å². The molecule has 88 valence electrons. The first kappa shape index (κ1) is 13.0. The second-order valence-electron chi connectivity index (χ2n) is 4.13. The maximum atomic E-state index is 11.3. The maximum Gasteiger partial charge on any atom is 0.148 e. The highest BCUT2D eigenvalue weighted by Gasteiger charge is 2.34. The van der Waals surface area contributed by atoms with E-state index in [1.807, 2.05) is 24.3 Å². The molecule has 1 aromatic carbocycles. The van der Waals surface area contributed by atoms with Gasteiger partial charge in [0.05, 0.1) is 13.7 Å². The summed E-state index contributed by atoms with van der Waals surface area (Å²) < 4.78 is 5.10. The molecule has 16 heavy (non-hydrogen) atoms. The number of rotatable bonds is 2. The van der Waals surface area contributed by atoms with Gasteiger partial charge in [-0.3, -0.25) is 4.79 Å². The molecule has 1 unspecified atom stereocenters. The number of hydrogen-bond donors (Lipinski definition) is 1. The summed E-state index contributed by atoms with van der Waals surface area (Å²) in [6.45, 7) is 2.53. The Morgan fingerprint density at radius 2 is 1.94 bits per heavy atom. The third kappa shape index (κ3) is 2.36. The van der Waals surface area contributed by atoms with Crippen molar-refractivity contribution in [3.8, 4) is 5.75 Å².